The predicted molar refractivity (Wildman–Crippen MR) is 164 cm³/mol. The number of aromatic nitrogens is 2. The minimum atomic E-state index is -0.131. The van der Waals surface area contributed by atoms with Gasteiger partial charge in [0.15, 0.2) is 5.78 Å². The van der Waals surface area contributed by atoms with Gasteiger partial charge in [-0.15, -0.1) is 11.3 Å². The summed E-state index contributed by atoms with van der Waals surface area (Å²) < 4.78 is 5.28. The maximum atomic E-state index is 11.7. The molecule has 0 saturated carbocycles. The third kappa shape index (κ3) is 14.1. The first-order chi connectivity index (χ1) is 18.3. The zero-order valence-corrected chi connectivity index (χ0v) is 25.2. The van der Waals surface area contributed by atoms with Crippen molar-refractivity contribution in [1.29, 1.82) is 0 Å². The SMILES string of the molecule is C=C/C=C\c1c(-c2csc(/C(C)=C/C(=C\NC=O)C(C)=O)n2)c[nH]c1C.CCC.CCCCCOCCC. The second-order valence-electron chi connectivity index (χ2n) is 8.67. The van der Waals surface area contributed by atoms with E-state index in [0.29, 0.717) is 12.0 Å². The van der Waals surface area contributed by atoms with Crippen LogP contribution in [0, 0.1) is 6.92 Å². The first-order valence-electron chi connectivity index (χ1n) is 13.4. The number of ether oxygens (including phenoxy) is 1. The molecule has 0 aliphatic rings. The number of unbranched alkanes of at least 4 members (excludes halogenated alkanes) is 2. The topological polar surface area (TPSA) is 84.1 Å². The molecule has 0 fully saturated rings. The molecule has 2 rings (SSSR count). The van der Waals surface area contributed by atoms with Crippen molar-refractivity contribution in [1.82, 2.24) is 15.3 Å². The fourth-order valence-corrected chi connectivity index (χ4v) is 3.87. The van der Waals surface area contributed by atoms with Crippen LogP contribution in [0.4, 0.5) is 0 Å². The van der Waals surface area contributed by atoms with Gasteiger partial charge in [-0.05, 0) is 45.3 Å². The summed E-state index contributed by atoms with van der Waals surface area (Å²) in [7, 11) is 0. The van der Waals surface area contributed by atoms with Gasteiger partial charge in [0.25, 0.3) is 0 Å². The second-order valence-corrected chi connectivity index (χ2v) is 9.53. The summed E-state index contributed by atoms with van der Waals surface area (Å²) in [5, 5.41) is 5.21. The lowest BCUT2D eigenvalue weighted by molar-refractivity contribution is -0.113. The molecular formula is C31H47N3O3S. The number of H-pyrrole nitrogens is 1. The first kappa shape index (κ1) is 35.0. The lowest BCUT2D eigenvalue weighted by Gasteiger charge is -2.00. The normalized spacial score (nSPS) is 11.3. The van der Waals surface area contributed by atoms with E-state index in [0.717, 1.165) is 52.7 Å². The molecule has 2 N–H and O–H groups in total. The molecule has 0 aliphatic carbocycles. The molecule has 0 bridgehead atoms. The number of hydrogen-bond acceptors (Lipinski definition) is 5. The zero-order valence-electron chi connectivity index (χ0n) is 24.4. The zero-order chi connectivity index (χ0) is 28.8. The summed E-state index contributed by atoms with van der Waals surface area (Å²) in [6.45, 7) is 19.5. The van der Waals surface area contributed by atoms with Crippen molar-refractivity contribution in [2.75, 3.05) is 13.2 Å². The number of nitrogens with one attached hydrogen (secondary N) is 2. The molecule has 2 heterocycles. The number of nitrogens with zero attached hydrogens (tertiary/aromatic N) is 1. The molecule has 0 spiro atoms. The van der Waals surface area contributed by atoms with E-state index in [1.54, 1.807) is 12.2 Å². The summed E-state index contributed by atoms with van der Waals surface area (Å²) in [4.78, 5) is 30.0. The molecular weight excluding hydrogens is 494 g/mol. The molecule has 2 aromatic heterocycles. The van der Waals surface area contributed by atoms with Gasteiger partial charge in [0.2, 0.25) is 6.41 Å². The largest absolute Gasteiger partial charge is 0.381 e. The maximum absolute atomic E-state index is 11.7. The number of ketones is 1. The Labute approximate surface area is 234 Å². The van der Waals surface area contributed by atoms with Crippen LogP contribution in [0.5, 0.6) is 0 Å². The lowest BCUT2D eigenvalue weighted by Crippen LogP contribution is -2.05. The molecule has 0 aromatic carbocycles. The highest BCUT2D eigenvalue weighted by Gasteiger charge is 2.13. The minimum Gasteiger partial charge on any atom is -0.381 e. The molecule has 0 aliphatic heterocycles. The fraction of sp³-hybridized carbons (Fsp3) is 0.452. The standard InChI is InChI=1S/C20H21N3O2S.C8H18O.C3H8/c1-5-6-7-17-14(3)22-10-18(17)19-11-26-20(23-19)13(2)8-16(15(4)25)9-21-12-24;1-3-5-6-8-9-7-4-2;1-3-2/h5-12,22H,1H2,2-4H3,(H,21,24);3-8H2,1-2H3;3H2,1-2H3/b7-6-,13-8+,16-9+;;. The van der Waals surface area contributed by atoms with Crippen LogP contribution in [-0.2, 0) is 14.3 Å². The van der Waals surface area contributed by atoms with Gasteiger partial charge in [-0.1, -0.05) is 71.8 Å². The number of aromatic amines is 1. The van der Waals surface area contributed by atoms with Gasteiger partial charge in [0, 0.05) is 53.4 Å². The highest BCUT2D eigenvalue weighted by Crippen LogP contribution is 2.31. The summed E-state index contributed by atoms with van der Waals surface area (Å²) in [5.41, 5.74) is 5.28. The van der Waals surface area contributed by atoms with E-state index in [-0.39, 0.29) is 5.78 Å². The van der Waals surface area contributed by atoms with E-state index in [1.807, 2.05) is 37.6 Å². The summed E-state index contributed by atoms with van der Waals surface area (Å²) >= 11 is 1.51. The third-order valence-corrected chi connectivity index (χ3v) is 5.95. The highest BCUT2D eigenvalue weighted by atomic mass is 32.1. The fourth-order valence-electron chi connectivity index (χ4n) is 3.07. The van der Waals surface area contributed by atoms with Crippen molar-refractivity contribution >= 4 is 35.2 Å². The van der Waals surface area contributed by atoms with Crippen LogP contribution in [0.25, 0.3) is 22.9 Å². The molecule has 38 heavy (non-hydrogen) atoms. The molecule has 0 radical (unpaired) electrons. The monoisotopic (exact) mass is 541 g/mol. The number of amides is 1. The second kappa shape index (κ2) is 22.0. The van der Waals surface area contributed by atoms with Crippen LogP contribution in [0.2, 0.25) is 0 Å². The van der Waals surface area contributed by atoms with Crippen LogP contribution in [0.15, 0.2) is 48.2 Å². The van der Waals surface area contributed by atoms with Crippen LogP contribution in [-0.4, -0.2) is 35.4 Å². The minimum absolute atomic E-state index is 0.131. The van der Waals surface area contributed by atoms with E-state index in [9.17, 15) is 9.59 Å². The Bertz CT molecular complexity index is 1040. The Balaban J connectivity index is 0.000000956. The van der Waals surface area contributed by atoms with E-state index < -0.39 is 0 Å². The Hall–Kier alpha value is -3.03. The van der Waals surface area contributed by atoms with Crippen molar-refractivity contribution in [3.05, 3.63) is 64.4 Å². The quantitative estimate of drug-likeness (QED) is 0.109. The van der Waals surface area contributed by atoms with Gasteiger partial charge in [0.1, 0.15) is 5.01 Å². The van der Waals surface area contributed by atoms with Gasteiger partial charge in [-0.2, -0.15) is 0 Å². The van der Waals surface area contributed by atoms with Gasteiger partial charge in [-0.3, -0.25) is 9.59 Å². The molecule has 210 valence electrons. The van der Waals surface area contributed by atoms with Gasteiger partial charge >= 0.3 is 0 Å². The molecule has 0 saturated heterocycles. The number of allylic oxidation sites excluding steroid dienone is 5. The Kier molecular flexibility index (Phi) is 20.2. The molecule has 1 amide bonds. The Morgan fingerprint density at radius 2 is 1.87 bits per heavy atom. The molecule has 0 atom stereocenters. The Morgan fingerprint density at radius 3 is 2.45 bits per heavy atom. The summed E-state index contributed by atoms with van der Waals surface area (Å²) in [6, 6.07) is 0. The molecule has 2 aromatic rings. The lowest BCUT2D eigenvalue weighted by atomic mass is 10.1. The number of hydrogen-bond donors (Lipinski definition) is 2. The highest BCUT2D eigenvalue weighted by molar-refractivity contribution is 7.11. The van der Waals surface area contributed by atoms with Crippen molar-refractivity contribution in [2.45, 2.75) is 80.6 Å². The van der Waals surface area contributed by atoms with Crippen molar-refractivity contribution in [3.8, 4) is 11.3 Å². The van der Waals surface area contributed by atoms with Crippen LogP contribution >= 0.6 is 11.3 Å². The average molecular weight is 542 g/mol. The van der Waals surface area contributed by atoms with E-state index >= 15 is 0 Å². The van der Waals surface area contributed by atoms with Gasteiger partial charge < -0.3 is 15.0 Å². The van der Waals surface area contributed by atoms with E-state index in [2.05, 4.69) is 44.6 Å². The summed E-state index contributed by atoms with van der Waals surface area (Å²) in [5.74, 6) is -0.131. The number of carbonyl (C=O) groups excluding carboxylic acids is 2. The van der Waals surface area contributed by atoms with Gasteiger partial charge in [-0.25, -0.2) is 4.98 Å². The number of carbonyl (C=O) groups is 2. The molecule has 0 unspecified atom stereocenters. The van der Waals surface area contributed by atoms with Crippen molar-refractivity contribution in [2.24, 2.45) is 0 Å². The molecule has 7 heteroatoms. The third-order valence-electron chi connectivity index (χ3n) is 4.97. The number of aryl methyl sites for hydroxylation is 1. The van der Waals surface area contributed by atoms with Gasteiger partial charge in [0.05, 0.1) is 5.69 Å². The van der Waals surface area contributed by atoms with Crippen molar-refractivity contribution in [3.63, 3.8) is 0 Å². The maximum Gasteiger partial charge on any atom is 0.211 e. The first-order valence-corrected chi connectivity index (χ1v) is 14.3. The predicted octanol–water partition coefficient (Wildman–Crippen LogP) is 8.29. The van der Waals surface area contributed by atoms with Crippen LogP contribution in [0.3, 0.4) is 0 Å². The Morgan fingerprint density at radius 1 is 1.16 bits per heavy atom. The average Bonchev–Trinajstić information content (AvgIpc) is 3.52. The summed E-state index contributed by atoms with van der Waals surface area (Å²) in [6.07, 6.45) is 17.4. The molecule has 6 nitrogen and oxygen atoms in total. The van der Waals surface area contributed by atoms with Crippen molar-refractivity contribution < 1.29 is 14.3 Å². The number of thiazole rings is 1. The van der Waals surface area contributed by atoms with E-state index in [4.69, 9.17) is 9.72 Å². The number of Topliss-reactive ketones (excluding diaryl/α,β-unsaturated/α-hetero) is 1. The van der Waals surface area contributed by atoms with Crippen LogP contribution < -0.4 is 5.32 Å². The number of rotatable bonds is 14. The van der Waals surface area contributed by atoms with Crippen LogP contribution in [0.1, 0.15) is 89.9 Å². The van der Waals surface area contributed by atoms with E-state index in [1.165, 1.54) is 50.1 Å². The smallest absolute Gasteiger partial charge is 0.211 e.